The molecule has 1 heterocycles. The van der Waals surface area contributed by atoms with Crippen molar-refractivity contribution >= 4 is 27.7 Å². The third-order valence-electron chi connectivity index (χ3n) is 2.29. The first kappa shape index (κ1) is 9.45. The average Bonchev–Trinajstić information content (AvgIpc) is 2.45. The van der Waals surface area contributed by atoms with Crippen LogP contribution in [0.25, 0.3) is 0 Å². The number of carboxylic acid groups (broad SMARTS) is 1. The van der Waals surface area contributed by atoms with Gasteiger partial charge >= 0.3 is 5.97 Å². The highest BCUT2D eigenvalue weighted by molar-refractivity contribution is 9.10. The first-order valence-corrected chi connectivity index (χ1v) is 4.91. The summed E-state index contributed by atoms with van der Waals surface area (Å²) in [5.74, 6) is -1.28. The molecule has 2 rings (SSSR count). The van der Waals surface area contributed by atoms with E-state index in [-0.39, 0.29) is 12.2 Å². The molecule has 0 radical (unpaired) electrons. The molecule has 0 fully saturated rings. The molecule has 1 N–H and O–H groups in total. The first-order valence-electron chi connectivity index (χ1n) is 4.12. The molecule has 4 nitrogen and oxygen atoms in total. The summed E-state index contributed by atoms with van der Waals surface area (Å²) < 4.78 is 5.66. The summed E-state index contributed by atoms with van der Waals surface area (Å²) in [6.45, 7) is 0. The highest BCUT2D eigenvalue weighted by atomic mass is 79.9. The highest BCUT2D eigenvalue weighted by Gasteiger charge is 2.32. The molecule has 74 valence electrons. The van der Waals surface area contributed by atoms with E-state index in [0.717, 1.165) is 0 Å². The molecule has 0 bridgehead atoms. The van der Waals surface area contributed by atoms with Crippen molar-refractivity contribution in [2.24, 2.45) is 5.92 Å². The maximum atomic E-state index is 11.5. The normalized spacial score (nSPS) is 20.6. The Hall–Kier alpha value is -1.10. The Morgan fingerprint density at radius 2 is 2.29 bits per heavy atom. The SMILES string of the molecule is O=C1CC(C(=O)O)Cc2oc(Br)cc21. The van der Waals surface area contributed by atoms with Crippen molar-refractivity contribution in [3.05, 3.63) is 22.1 Å². The number of carbonyl (C=O) groups is 2. The quantitative estimate of drug-likeness (QED) is 0.835. The van der Waals surface area contributed by atoms with Gasteiger partial charge in [-0.05, 0) is 15.9 Å². The number of hydrogen-bond donors (Lipinski definition) is 1. The standard InChI is InChI=1S/C9H7BrO4/c10-8-3-5-6(11)1-4(9(12)13)2-7(5)14-8/h3-4H,1-2H2,(H,12,13). The highest BCUT2D eigenvalue weighted by Crippen LogP contribution is 2.30. The monoisotopic (exact) mass is 258 g/mol. The predicted molar refractivity (Wildman–Crippen MR) is 50.2 cm³/mol. The lowest BCUT2D eigenvalue weighted by Gasteiger charge is -2.15. The van der Waals surface area contributed by atoms with Crippen LogP contribution in [0.3, 0.4) is 0 Å². The van der Waals surface area contributed by atoms with Gasteiger partial charge in [-0.15, -0.1) is 0 Å². The Morgan fingerprint density at radius 3 is 2.93 bits per heavy atom. The van der Waals surface area contributed by atoms with Crippen LogP contribution in [0.5, 0.6) is 0 Å². The number of carboxylic acids is 1. The average molecular weight is 259 g/mol. The smallest absolute Gasteiger partial charge is 0.307 e. The summed E-state index contributed by atoms with van der Waals surface area (Å²) in [4.78, 5) is 22.2. The summed E-state index contributed by atoms with van der Waals surface area (Å²) in [6, 6.07) is 1.59. The second-order valence-corrected chi connectivity index (χ2v) is 4.04. The van der Waals surface area contributed by atoms with E-state index < -0.39 is 11.9 Å². The fourth-order valence-electron chi connectivity index (χ4n) is 1.59. The molecular weight excluding hydrogens is 252 g/mol. The Balaban J connectivity index is 2.37. The van der Waals surface area contributed by atoms with Crippen molar-refractivity contribution < 1.29 is 19.1 Å². The maximum Gasteiger partial charge on any atom is 0.307 e. The van der Waals surface area contributed by atoms with Gasteiger partial charge in [0.1, 0.15) is 5.76 Å². The van der Waals surface area contributed by atoms with Gasteiger partial charge in [-0.25, -0.2) is 0 Å². The van der Waals surface area contributed by atoms with E-state index in [0.29, 0.717) is 22.4 Å². The molecule has 0 aromatic carbocycles. The van der Waals surface area contributed by atoms with Crippen molar-refractivity contribution in [1.29, 1.82) is 0 Å². The fourth-order valence-corrected chi connectivity index (χ4v) is 2.01. The third kappa shape index (κ3) is 1.48. The molecule has 0 saturated heterocycles. The van der Waals surface area contributed by atoms with E-state index >= 15 is 0 Å². The summed E-state index contributed by atoms with van der Waals surface area (Å²) in [6.07, 6.45) is 0.357. The number of ketones is 1. The van der Waals surface area contributed by atoms with Crippen molar-refractivity contribution in [3.8, 4) is 0 Å². The topological polar surface area (TPSA) is 67.5 Å². The number of carbonyl (C=O) groups excluding carboxylic acids is 1. The van der Waals surface area contributed by atoms with Gasteiger partial charge in [-0.3, -0.25) is 9.59 Å². The van der Waals surface area contributed by atoms with Crippen LogP contribution in [-0.2, 0) is 11.2 Å². The van der Waals surface area contributed by atoms with Crippen molar-refractivity contribution in [3.63, 3.8) is 0 Å². The number of aliphatic carboxylic acids is 1. The van der Waals surface area contributed by atoms with Gasteiger partial charge in [-0.2, -0.15) is 0 Å². The Kier molecular flexibility index (Phi) is 2.19. The van der Waals surface area contributed by atoms with Gasteiger partial charge in [0.25, 0.3) is 0 Å². The van der Waals surface area contributed by atoms with Crippen LogP contribution in [0.15, 0.2) is 15.2 Å². The van der Waals surface area contributed by atoms with Crippen LogP contribution in [0.2, 0.25) is 0 Å². The second kappa shape index (κ2) is 3.24. The number of rotatable bonds is 1. The number of hydrogen-bond acceptors (Lipinski definition) is 3. The van der Waals surface area contributed by atoms with E-state index in [4.69, 9.17) is 9.52 Å². The summed E-state index contributed by atoms with van der Waals surface area (Å²) in [7, 11) is 0. The van der Waals surface area contributed by atoms with E-state index in [1.807, 2.05) is 0 Å². The molecule has 1 aromatic heterocycles. The van der Waals surface area contributed by atoms with Gasteiger partial charge in [0.15, 0.2) is 10.5 Å². The summed E-state index contributed by atoms with van der Waals surface area (Å²) in [5.41, 5.74) is 0.509. The summed E-state index contributed by atoms with van der Waals surface area (Å²) in [5, 5.41) is 8.78. The van der Waals surface area contributed by atoms with Gasteiger partial charge in [0, 0.05) is 18.9 Å². The van der Waals surface area contributed by atoms with Gasteiger partial charge in [0.05, 0.1) is 11.5 Å². The van der Waals surface area contributed by atoms with Crippen molar-refractivity contribution in [2.45, 2.75) is 12.8 Å². The predicted octanol–water partition coefficient (Wildman–Crippen LogP) is 1.87. The molecule has 1 aromatic rings. The second-order valence-electron chi connectivity index (χ2n) is 3.25. The first-order chi connectivity index (χ1) is 6.58. The lowest BCUT2D eigenvalue weighted by Crippen LogP contribution is -2.25. The Bertz CT molecular complexity index is 407. The zero-order valence-corrected chi connectivity index (χ0v) is 8.70. The number of fused-ring (bicyclic) bond motifs is 1. The van der Waals surface area contributed by atoms with Crippen molar-refractivity contribution in [1.82, 2.24) is 0 Å². The number of Topliss-reactive ketones (excluding diaryl/α,β-unsaturated/α-hetero) is 1. The minimum Gasteiger partial charge on any atom is -0.481 e. The van der Waals surface area contributed by atoms with E-state index in [9.17, 15) is 9.59 Å². The molecule has 14 heavy (non-hydrogen) atoms. The molecule has 1 atom stereocenters. The third-order valence-corrected chi connectivity index (χ3v) is 2.68. The molecule has 0 saturated carbocycles. The van der Waals surface area contributed by atoms with Crippen LogP contribution in [0.4, 0.5) is 0 Å². The zero-order valence-electron chi connectivity index (χ0n) is 7.12. The van der Waals surface area contributed by atoms with Crippen LogP contribution in [-0.4, -0.2) is 16.9 Å². The van der Waals surface area contributed by atoms with Gasteiger partial charge in [0.2, 0.25) is 0 Å². The largest absolute Gasteiger partial charge is 0.481 e. The van der Waals surface area contributed by atoms with E-state index in [1.165, 1.54) is 0 Å². The minimum atomic E-state index is -0.948. The Labute approximate surface area is 88.0 Å². The fraction of sp³-hybridized carbons (Fsp3) is 0.333. The number of halogens is 1. The van der Waals surface area contributed by atoms with Gasteiger partial charge in [-0.1, -0.05) is 0 Å². The number of furan rings is 1. The van der Waals surface area contributed by atoms with Gasteiger partial charge < -0.3 is 9.52 Å². The molecule has 1 aliphatic rings. The molecular formula is C9H7BrO4. The van der Waals surface area contributed by atoms with Crippen LogP contribution < -0.4 is 0 Å². The molecule has 0 aliphatic heterocycles. The molecule has 1 aliphatic carbocycles. The Morgan fingerprint density at radius 1 is 1.57 bits per heavy atom. The van der Waals surface area contributed by atoms with Crippen LogP contribution in [0.1, 0.15) is 22.5 Å². The zero-order chi connectivity index (χ0) is 10.3. The lowest BCUT2D eigenvalue weighted by molar-refractivity contribution is -0.141. The molecule has 1 unspecified atom stereocenters. The van der Waals surface area contributed by atoms with Crippen molar-refractivity contribution in [2.75, 3.05) is 0 Å². The van der Waals surface area contributed by atoms with Crippen LogP contribution >= 0.6 is 15.9 Å². The lowest BCUT2D eigenvalue weighted by atomic mass is 9.88. The minimum absolute atomic E-state index is 0.0638. The molecule has 0 amide bonds. The maximum absolute atomic E-state index is 11.5. The molecule has 0 spiro atoms. The van der Waals surface area contributed by atoms with Crippen LogP contribution in [0, 0.1) is 5.92 Å². The molecule has 5 heteroatoms. The van der Waals surface area contributed by atoms with E-state index in [2.05, 4.69) is 15.9 Å². The summed E-state index contributed by atoms with van der Waals surface area (Å²) >= 11 is 3.11. The van der Waals surface area contributed by atoms with E-state index in [1.54, 1.807) is 6.07 Å².